The zero-order valence-electron chi connectivity index (χ0n) is 15.8. The molecule has 27 heavy (non-hydrogen) atoms. The summed E-state index contributed by atoms with van der Waals surface area (Å²) in [5.74, 6) is -1.13. The quantitative estimate of drug-likeness (QED) is 0.681. The molecule has 1 fully saturated rings. The smallest absolute Gasteiger partial charge is 0.411 e. The minimum absolute atomic E-state index is 0.187. The number of nitrogens with zero attached hydrogens (tertiary/aromatic N) is 1. The van der Waals surface area contributed by atoms with Crippen LogP contribution in [0.15, 0.2) is 18.2 Å². The Labute approximate surface area is 169 Å². The van der Waals surface area contributed by atoms with E-state index in [4.69, 9.17) is 37.4 Å². The summed E-state index contributed by atoms with van der Waals surface area (Å²) in [6.45, 7) is 9.14. The molecule has 2 atom stereocenters. The Morgan fingerprint density at radius 2 is 1.96 bits per heavy atom. The van der Waals surface area contributed by atoms with Crippen molar-refractivity contribution in [3.05, 3.63) is 40.4 Å². The topological polar surface area (TPSA) is 65.1 Å². The summed E-state index contributed by atoms with van der Waals surface area (Å²) < 4.78 is 16.3. The van der Waals surface area contributed by atoms with Crippen LogP contribution in [0.5, 0.6) is 0 Å². The number of carbonyl (C=O) groups is 2. The van der Waals surface area contributed by atoms with Gasteiger partial charge >= 0.3 is 12.1 Å². The van der Waals surface area contributed by atoms with E-state index in [0.717, 1.165) is 0 Å². The molecule has 1 aliphatic heterocycles. The third-order valence-electron chi connectivity index (χ3n) is 3.85. The molecular weight excluding hydrogens is 393 g/mol. The van der Waals surface area contributed by atoms with Gasteiger partial charge in [0.1, 0.15) is 11.6 Å². The number of esters is 1. The van der Waals surface area contributed by atoms with E-state index in [2.05, 4.69) is 0 Å². The Morgan fingerprint density at radius 3 is 2.56 bits per heavy atom. The molecule has 0 aliphatic carbocycles. The van der Waals surface area contributed by atoms with Gasteiger partial charge in [-0.15, -0.1) is 0 Å². The number of rotatable bonds is 3. The maximum absolute atomic E-state index is 12.8. The number of ether oxygens (including phenoxy) is 3. The molecule has 6 nitrogen and oxygen atoms in total. The van der Waals surface area contributed by atoms with Gasteiger partial charge in [-0.25, -0.2) is 9.59 Å². The second-order valence-corrected chi connectivity index (χ2v) is 7.89. The van der Waals surface area contributed by atoms with Crippen molar-refractivity contribution in [2.75, 3.05) is 19.8 Å². The van der Waals surface area contributed by atoms with Crippen molar-refractivity contribution in [2.45, 2.75) is 45.3 Å². The van der Waals surface area contributed by atoms with E-state index in [1.807, 2.05) is 0 Å². The fourth-order valence-corrected chi connectivity index (χ4v) is 3.04. The first-order valence-electron chi connectivity index (χ1n) is 8.70. The predicted octanol–water partition coefficient (Wildman–Crippen LogP) is 4.44. The summed E-state index contributed by atoms with van der Waals surface area (Å²) in [6, 6.07) is 4.08. The van der Waals surface area contributed by atoms with Crippen LogP contribution in [-0.2, 0) is 19.0 Å². The lowest BCUT2D eigenvalue weighted by Crippen LogP contribution is -2.50. The number of carbonyl (C=O) groups excluding carboxylic acids is 2. The van der Waals surface area contributed by atoms with Crippen LogP contribution in [0.4, 0.5) is 4.79 Å². The first-order valence-corrected chi connectivity index (χ1v) is 9.45. The van der Waals surface area contributed by atoms with Crippen LogP contribution in [0.25, 0.3) is 0 Å². The molecule has 0 saturated carbocycles. The molecule has 0 bridgehead atoms. The normalized spacial score (nSPS) is 20.7. The van der Waals surface area contributed by atoms with Crippen LogP contribution in [0.2, 0.25) is 10.0 Å². The molecule has 0 N–H and O–H groups in total. The average Bonchev–Trinajstić information content (AvgIpc) is 2.79. The third-order valence-corrected chi connectivity index (χ3v) is 4.59. The molecular formula is C19H24Cl2NO5. The van der Waals surface area contributed by atoms with Gasteiger partial charge in [-0.2, -0.15) is 0 Å². The maximum Gasteiger partial charge on any atom is 0.411 e. The van der Waals surface area contributed by atoms with Gasteiger partial charge in [0.25, 0.3) is 0 Å². The van der Waals surface area contributed by atoms with Crippen molar-refractivity contribution in [1.29, 1.82) is 0 Å². The standard InChI is InChI=1S/C19H24Cl2NO5/c1-5-26-17(23)16-13(12-6-7-14(20)15(21)10-12)11-25-9-8-22(16)18(24)27-19(2,3)4/h6-7,10-11,13,16H,5,8-9H2,1-4H3. The second kappa shape index (κ2) is 9.13. The Morgan fingerprint density at radius 1 is 1.26 bits per heavy atom. The summed E-state index contributed by atoms with van der Waals surface area (Å²) >= 11 is 12.1. The van der Waals surface area contributed by atoms with E-state index in [9.17, 15) is 9.59 Å². The number of benzene rings is 1. The van der Waals surface area contributed by atoms with Crippen LogP contribution >= 0.6 is 23.2 Å². The Balaban J connectivity index is 2.44. The molecule has 1 aliphatic rings. The molecule has 1 amide bonds. The Kier molecular flexibility index (Phi) is 7.37. The summed E-state index contributed by atoms with van der Waals surface area (Å²) in [6.07, 6.45) is -0.607. The summed E-state index contributed by atoms with van der Waals surface area (Å²) in [7, 11) is 0. The molecule has 8 heteroatoms. The summed E-state index contributed by atoms with van der Waals surface area (Å²) in [5.41, 5.74) is -0.0235. The van der Waals surface area contributed by atoms with Crippen molar-refractivity contribution in [3.8, 4) is 0 Å². The molecule has 0 aromatic heterocycles. The largest absolute Gasteiger partial charge is 0.464 e. The van der Waals surface area contributed by atoms with Gasteiger partial charge in [-0.3, -0.25) is 4.90 Å². The molecule has 1 aromatic rings. The molecule has 2 unspecified atom stereocenters. The fourth-order valence-electron chi connectivity index (χ4n) is 2.74. The Bertz CT molecular complexity index is 689. The van der Waals surface area contributed by atoms with Crippen molar-refractivity contribution in [3.63, 3.8) is 0 Å². The average molecular weight is 417 g/mol. The van der Waals surface area contributed by atoms with Crippen LogP contribution in [0.3, 0.4) is 0 Å². The fraction of sp³-hybridized carbons (Fsp3) is 0.526. The highest BCUT2D eigenvalue weighted by Gasteiger charge is 2.42. The van der Waals surface area contributed by atoms with Crippen molar-refractivity contribution < 1.29 is 23.8 Å². The molecule has 149 valence electrons. The SMILES string of the molecule is CCOC(=O)C1C(c2ccc(Cl)c(Cl)c2)[CH]OCCN1C(=O)OC(C)(C)C. The van der Waals surface area contributed by atoms with Gasteiger partial charge in [-0.05, 0) is 45.4 Å². The van der Waals surface area contributed by atoms with E-state index in [1.54, 1.807) is 45.9 Å². The monoisotopic (exact) mass is 416 g/mol. The highest BCUT2D eigenvalue weighted by atomic mass is 35.5. The number of halogens is 2. The van der Waals surface area contributed by atoms with Gasteiger partial charge < -0.3 is 14.2 Å². The second-order valence-electron chi connectivity index (χ2n) is 7.08. The maximum atomic E-state index is 12.8. The molecule has 1 aromatic carbocycles. The van der Waals surface area contributed by atoms with Crippen LogP contribution in [0.1, 0.15) is 39.2 Å². The van der Waals surface area contributed by atoms with Gasteiger partial charge in [0.15, 0.2) is 0 Å². The number of amides is 1. The van der Waals surface area contributed by atoms with E-state index in [0.29, 0.717) is 15.6 Å². The minimum atomic E-state index is -0.945. The Hall–Kier alpha value is -1.50. The van der Waals surface area contributed by atoms with E-state index < -0.39 is 29.6 Å². The molecule has 1 saturated heterocycles. The highest BCUT2D eigenvalue weighted by molar-refractivity contribution is 6.42. The highest BCUT2D eigenvalue weighted by Crippen LogP contribution is 2.34. The first kappa shape index (κ1) is 21.8. The van der Waals surface area contributed by atoms with E-state index in [1.165, 1.54) is 11.5 Å². The molecule has 2 rings (SSSR count). The molecule has 1 radical (unpaired) electrons. The predicted molar refractivity (Wildman–Crippen MR) is 103 cm³/mol. The van der Waals surface area contributed by atoms with Gasteiger partial charge in [0, 0.05) is 12.5 Å². The van der Waals surface area contributed by atoms with Gasteiger partial charge in [-0.1, -0.05) is 29.3 Å². The summed E-state index contributed by atoms with van der Waals surface area (Å²) in [5, 5.41) is 0.741. The summed E-state index contributed by atoms with van der Waals surface area (Å²) in [4.78, 5) is 26.9. The number of hydrogen-bond acceptors (Lipinski definition) is 5. The van der Waals surface area contributed by atoms with Crippen molar-refractivity contribution in [2.24, 2.45) is 0 Å². The van der Waals surface area contributed by atoms with Crippen LogP contribution < -0.4 is 0 Å². The van der Waals surface area contributed by atoms with Crippen molar-refractivity contribution >= 4 is 35.3 Å². The number of hydrogen-bond donors (Lipinski definition) is 0. The minimum Gasteiger partial charge on any atom is -0.464 e. The van der Waals surface area contributed by atoms with Gasteiger partial charge in [0.2, 0.25) is 0 Å². The van der Waals surface area contributed by atoms with Crippen LogP contribution in [0, 0.1) is 6.61 Å². The molecule has 1 heterocycles. The zero-order valence-corrected chi connectivity index (χ0v) is 17.3. The zero-order chi connectivity index (χ0) is 20.2. The van der Waals surface area contributed by atoms with E-state index in [-0.39, 0.29) is 19.8 Å². The first-order chi connectivity index (χ1) is 12.6. The van der Waals surface area contributed by atoms with Crippen LogP contribution in [-0.4, -0.2) is 48.4 Å². The lowest BCUT2D eigenvalue weighted by atomic mass is 9.91. The molecule has 0 spiro atoms. The van der Waals surface area contributed by atoms with E-state index >= 15 is 0 Å². The lowest BCUT2D eigenvalue weighted by molar-refractivity contribution is -0.149. The lowest BCUT2D eigenvalue weighted by Gasteiger charge is -2.34. The third kappa shape index (κ3) is 5.74. The van der Waals surface area contributed by atoms with Crippen molar-refractivity contribution in [1.82, 2.24) is 4.90 Å². The van der Waals surface area contributed by atoms with Gasteiger partial charge in [0.05, 0.1) is 29.9 Å².